The molecule has 20 heavy (non-hydrogen) atoms. The molecule has 2 aliphatic rings. The summed E-state index contributed by atoms with van der Waals surface area (Å²) in [4.78, 5) is 13.1. The molecule has 0 bridgehead atoms. The van der Waals surface area contributed by atoms with Crippen molar-refractivity contribution in [1.82, 2.24) is 9.97 Å². The van der Waals surface area contributed by atoms with Crippen molar-refractivity contribution in [1.29, 1.82) is 0 Å². The molecule has 4 nitrogen and oxygen atoms in total. The maximum atomic E-state index is 4.38. The van der Waals surface area contributed by atoms with Crippen molar-refractivity contribution in [2.24, 2.45) is 4.99 Å². The van der Waals surface area contributed by atoms with Crippen LogP contribution in [0.1, 0.15) is 11.3 Å². The van der Waals surface area contributed by atoms with E-state index in [-0.39, 0.29) is 0 Å². The van der Waals surface area contributed by atoms with Gasteiger partial charge < -0.3 is 5.32 Å². The summed E-state index contributed by atoms with van der Waals surface area (Å²) in [5, 5.41) is 3.36. The van der Waals surface area contributed by atoms with Gasteiger partial charge in [-0.05, 0) is 29.9 Å². The molecule has 1 aromatic heterocycles. The average Bonchev–Trinajstić information content (AvgIpc) is 2.94. The van der Waals surface area contributed by atoms with E-state index >= 15 is 0 Å². The highest BCUT2D eigenvalue weighted by Gasteiger charge is 2.21. The van der Waals surface area contributed by atoms with E-state index in [0.29, 0.717) is 0 Å². The Bertz CT molecular complexity index is 757. The predicted octanol–water partition coefficient (Wildman–Crippen LogP) is 3.13. The molecule has 1 aromatic carbocycles. The molecule has 4 rings (SSSR count). The van der Waals surface area contributed by atoms with E-state index in [2.05, 4.69) is 20.3 Å². The van der Waals surface area contributed by atoms with Gasteiger partial charge in [-0.15, -0.1) is 0 Å². The summed E-state index contributed by atoms with van der Waals surface area (Å²) in [6.45, 7) is 0. The van der Waals surface area contributed by atoms with Crippen LogP contribution in [0.25, 0.3) is 6.08 Å². The van der Waals surface area contributed by atoms with Crippen LogP contribution < -0.4 is 5.32 Å². The second-order valence-electron chi connectivity index (χ2n) is 4.75. The summed E-state index contributed by atoms with van der Waals surface area (Å²) < 4.78 is 0. The summed E-state index contributed by atoms with van der Waals surface area (Å²) >= 11 is 0. The third-order valence-corrected chi connectivity index (χ3v) is 3.47. The highest BCUT2D eigenvalue weighted by atomic mass is 15.0. The van der Waals surface area contributed by atoms with Crippen molar-refractivity contribution in [3.63, 3.8) is 0 Å². The van der Waals surface area contributed by atoms with Gasteiger partial charge in [-0.2, -0.15) is 0 Å². The number of para-hydroxylation sites is 1. The van der Waals surface area contributed by atoms with Crippen LogP contribution in [-0.4, -0.2) is 16.2 Å². The largest absolute Gasteiger partial charge is 0.340 e. The Hall–Kier alpha value is -2.75. The molecule has 0 saturated carbocycles. The molecule has 0 atom stereocenters. The van der Waals surface area contributed by atoms with E-state index in [1.54, 1.807) is 6.33 Å². The van der Waals surface area contributed by atoms with Crippen molar-refractivity contribution in [2.75, 3.05) is 5.32 Å². The van der Waals surface area contributed by atoms with Crippen LogP contribution in [0.4, 0.5) is 11.5 Å². The predicted molar refractivity (Wildman–Crippen MR) is 80.0 cm³/mol. The minimum atomic E-state index is 0.817. The molecule has 1 N–H and O–H groups in total. The Balaban J connectivity index is 1.76. The lowest BCUT2D eigenvalue weighted by Crippen LogP contribution is -2.08. The van der Waals surface area contributed by atoms with E-state index in [0.717, 1.165) is 34.9 Å². The van der Waals surface area contributed by atoms with Crippen LogP contribution in [0.5, 0.6) is 0 Å². The minimum Gasteiger partial charge on any atom is -0.340 e. The van der Waals surface area contributed by atoms with Crippen molar-refractivity contribution in [3.8, 4) is 0 Å². The average molecular weight is 260 g/mol. The quantitative estimate of drug-likeness (QED) is 0.902. The standard InChI is InChI=1S/C16H12N4/c1-2-4-12(5-3-1)20-16-13-8-11-6-7-17-14(11)9-15(13)18-10-19-16/h1-7,9-10H,8H2,(H,18,19,20). The molecule has 0 saturated heterocycles. The zero-order valence-corrected chi connectivity index (χ0v) is 10.7. The topological polar surface area (TPSA) is 50.2 Å². The number of rotatable bonds is 2. The van der Waals surface area contributed by atoms with Gasteiger partial charge in [0.15, 0.2) is 0 Å². The first-order valence-electron chi connectivity index (χ1n) is 6.51. The highest BCUT2D eigenvalue weighted by molar-refractivity contribution is 5.84. The fourth-order valence-corrected chi connectivity index (χ4v) is 2.47. The molecule has 1 aliphatic carbocycles. The SMILES string of the molecule is C1=NC2=Cc3ncnc(Nc4ccccc4)c3CC2=C1. The zero-order chi connectivity index (χ0) is 13.4. The Kier molecular flexibility index (Phi) is 2.45. The fourth-order valence-electron chi connectivity index (χ4n) is 2.47. The number of allylic oxidation sites excluding steroid dienone is 2. The fraction of sp³-hybridized carbons (Fsp3) is 0.0625. The second kappa shape index (κ2) is 4.42. The number of fused-ring (bicyclic) bond motifs is 2. The lowest BCUT2D eigenvalue weighted by Gasteiger charge is -2.17. The molecule has 0 fully saturated rings. The van der Waals surface area contributed by atoms with Crippen LogP contribution >= 0.6 is 0 Å². The first-order valence-corrected chi connectivity index (χ1v) is 6.51. The number of aliphatic imine (C=N–C) groups is 1. The monoisotopic (exact) mass is 260 g/mol. The normalized spacial score (nSPS) is 15.2. The van der Waals surface area contributed by atoms with Crippen LogP contribution in [0.15, 0.2) is 59.0 Å². The molecule has 96 valence electrons. The maximum absolute atomic E-state index is 4.38. The molecular weight excluding hydrogens is 248 g/mol. The first kappa shape index (κ1) is 11.1. The third-order valence-electron chi connectivity index (χ3n) is 3.47. The van der Waals surface area contributed by atoms with Crippen LogP contribution in [0, 0.1) is 0 Å². The summed E-state index contributed by atoms with van der Waals surface area (Å²) in [6, 6.07) is 10.0. The summed E-state index contributed by atoms with van der Waals surface area (Å²) in [6.07, 6.45) is 8.32. The Morgan fingerprint density at radius 3 is 2.85 bits per heavy atom. The Labute approximate surface area is 116 Å². The van der Waals surface area contributed by atoms with Crippen LogP contribution in [0.2, 0.25) is 0 Å². The van der Waals surface area contributed by atoms with Gasteiger partial charge in [0.25, 0.3) is 0 Å². The maximum Gasteiger partial charge on any atom is 0.137 e. The number of nitrogens with one attached hydrogen (secondary N) is 1. The van der Waals surface area contributed by atoms with Gasteiger partial charge in [-0.1, -0.05) is 18.2 Å². The third kappa shape index (κ3) is 1.82. The van der Waals surface area contributed by atoms with Gasteiger partial charge in [0.05, 0.1) is 11.4 Å². The number of hydrogen-bond donors (Lipinski definition) is 1. The number of hydrogen-bond acceptors (Lipinski definition) is 4. The van der Waals surface area contributed by atoms with Crippen molar-refractivity contribution >= 4 is 23.8 Å². The summed E-state index contributed by atoms with van der Waals surface area (Å²) in [5.74, 6) is 0.865. The molecule has 4 heteroatoms. The molecule has 0 unspecified atom stereocenters. The zero-order valence-electron chi connectivity index (χ0n) is 10.7. The minimum absolute atomic E-state index is 0.817. The van der Waals surface area contributed by atoms with Gasteiger partial charge in [0.1, 0.15) is 12.1 Å². The van der Waals surface area contributed by atoms with E-state index in [1.807, 2.05) is 48.7 Å². The van der Waals surface area contributed by atoms with Gasteiger partial charge in [-0.25, -0.2) is 9.97 Å². The lowest BCUT2D eigenvalue weighted by molar-refractivity contribution is 1.03. The number of benzene rings is 1. The first-order chi connectivity index (χ1) is 9.90. The van der Waals surface area contributed by atoms with E-state index < -0.39 is 0 Å². The van der Waals surface area contributed by atoms with Gasteiger partial charge in [0.2, 0.25) is 0 Å². The molecular formula is C16H12N4. The van der Waals surface area contributed by atoms with Crippen LogP contribution in [-0.2, 0) is 6.42 Å². The molecule has 2 heterocycles. The molecule has 0 radical (unpaired) electrons. The summed E-state index contributed by atoms with van der Waals surface area (Å²) in [7, 11) is 0. The number of anilines is 2. The van der Waals surface area contributed by atoms with Crippen molar-refractivity contribution < 1.29 is 0 Å². The molecule has 2 aromatic rings. The molecule has 1 aliphatic heterocycles. The lowest BCUT2D eigenvalue weighted by atomic mass is 9.96. The molecule has 0 spiro atoms. The molecule has 0 amide bonds. The number of aromatic nitrogens is 2. The smallest absolute Gasteiger partial charge is 0.137 e. The van der Waals surface area contributed by atoms with E-state index in [4.69, 9.17) is 0 Å². The highest BCUT2D eigenvalue weighted by Crippen LogP contribution is 2.33. The van der Waals surface area contributed by atoms with Gasteiger partial charge in [0, 0.05) is 23.9 Å². The number of nitrogens with zero attached hydrogens (tertiary/aromatic N) is 3. The Morgan fingerprint density at radius 2 is 1.95 bits per heavy atom. The van der Waals surface area contributed by atoms with Crippen LogP contribution in [0.3, 0.4) is 0 Å². The van der Waals surface area contributed by atoms with Crippen molar-refractivity contribution in [2.45, 2.75) is 6.42 Å². The second-order valence-corrected chi connectivity index (χ2v) is 4.75. The van der Waals surface area contributed by atoms with Crippen molar-refractivity contribution in [3.05, 3.63) is 65.3 Å². The van der Waals surface area contributed by atoms with Gasteiger partial charge in [-0.3, -0.25) is 4.99 Å². The Morgan fingerprint density at radius 1 is 1.05 bits per heavy atom. The van der Waals surface area contributed by atoms with E-state index in [9.17, 15) is 0 Å². The summed E-state index contributed by atoms with van der Waals surface area (Å²) in [5.41, 5.74) is 5.34. The van der Waals surface area contributed by atoms with Gasteiger partial charge >= 0.3 is 0 Å². The van der Waals surface area contributed by atoms with E-state index in [1.165, 1.54) is 5.57 Å².